The van der Waals surface area contributed by atoms with Crippen molar-refractivity contribution in [3.05, 3.63) is 68.2 Å². The zero-order valence-corrected chi connectivity index (χ0v) is 14.3. The molecule has 0 aliphatic rings. The first-order chi connectivity index (χ1) is 11.4. The standard InChI is InChI=1S/C16H15Cl2N3O3/c1-10(11-2-4-12(17)5-3-11)19-9-16(22)20-14-8-13(18)6-7-15(14)21(23)24/h2-8,10,19H,9H2,1H3,(H,20,22)/t10-/m0/s1. The van der Waals surface area contributed by atoms with Gasteiger partial charge in [0, 0.05) is 22.2 Å². The van der Waals surface area contributed by atoms with E-state index in [4.69, 9.17) is 23.2 Å². The van der Waals surface area contributed by atoms with Crippen molar-refractivity contribution in [2.24, 2.45) is 0 Å². The van der Waals surface area contributed by atoms with Crippen LogP contribution in [0, 0.1) is 10.1 Å². The third kappa shape index (κ3) is 4.92. The van der Waals surface area contributed by atoms with Gasteiger partial charge < -0.3 is 10.6 Å². The molecule has 2 aromatic carbocycles. The summed E-state index contributed by atoms with van der Waals surface area (Å²) in [5.74, 6) is -0.402. The number of carbonyl (C=O) groups excluding carboxylic acids is 1. The molecule has 0 spiro atoms. The quantitative estimate of drug-likeness (QED) is 0.592. The van der Waals surface area contributed by atoms with Gasteiger partial charge in [0.25, 0.3) is 5.69 Å². The molecule has 0 heterocycles. The van der Waals surface area contributed by atoms with Crippen LogP contribution >= 0.6 is 23.2 Å². The summed E-state index contributed by atoms with van der Waals surface area (Å²) in [7, 11) is 0. The van der Waals surface area contributed by atoms with Crippen LogP contribution in [-0.2, 0) is 4.79 Å². The third-order valence-corrected chi connectivity index (χ3v) is 3.86. The van der Waals surface area contributed by atoms with Gasteiger partial charge in [0.15, 0.2) is 0 Å². The first kappa shape index (κ1) is 18.2. The highest BCUT2D eigenvalue weighted by atomic mass is 35.5. The summed E-state index contributed by atoms with van der Waals surface area (Å²) in [5.41, 5.74) is 0.831. The average Bonchev–Trinajstić information content (AvgIpc) is 2.53. The predicted octanol–water partition coefficient (Wildman–Crippen LogP) is 4.19. The van der Waals surface area contributed by atoms with E-state index in [0.29, 0.717) is 10.0 Å². The SMILES string of the molecule is C[C@H](NCC(=O)Nc1cc(Cl)ccc1[N+](=O)[O-])c1ccc(Cl)cc1. The number of rotatable bonds is 6. The number of hydrogen-bond acceptors (Lipinski definition) is 4. The maximum Gasteiger partial charge on any atom is 0.292 e. The lowest BCUT2D eigenvalue weighted by atomic mass is 10.1. The zero-order chi connectivity index (χ0) is 17.7. The van der Waals surface area contributed by atoms with E-state index in [-0.39, 0.29) is 24.0 Å². The van der Waals surface area contributed by atoms with Crippen LogP contribution in [0.25, 0.3) is 0 Å². The molecule has 0 aromatic heterocycles. The molecule has 0 fully saturated rings. The number of anilines is 1. The fraction of sp³-hybridized carbons (Fsp3) is 0.188. The summed E-state index contributed by atoms with van der Waals surface area (Å²) >= 11 is 11.7. The van der Waals surface area contributed by atoms with Gasteiger partial charge in [0.1, 0.15) is 5.69 Å². The molecule has 0 aliphatic carbocycles. The zero-order valence-electron chi connectivity index (χ0n) is 12.8. The highest BCUT2D eigenvalue weighted by Crippen LogP contribution is 2.27. The number of hydrogen-bond donors (Lipinski definition) is 2. The molecule has 0 aliphatic heterocycles. The van der Waals surface area contributed by atoms with Gasteiger partial charge in [-0.25, -0.2) is 0 Å². The van der Waals surface area contributed by atoms with Crippen molar-refractivity contribution in [3.8, 4) is 0 Å². The lowest BCUT2D eigenvalue weighted by Gasteiger charge is -2.14. The maximum absolute atomic E-state index is 12.0. The van der Waals surface area contributed by atoms with E-state index in [2.05, 4.69) is 10.6 Å². The second-order valence-corrected chi connectivity index (χ2v) is 5.99. The molecule has 0 unspecified atom stereocenters. The molecule has 0 saturated carbocycles. The lowest BCUT2D eigenvalue weighted by molar-refractivity contribution is -0.383. The molecule has 24 heavy (non-hydrogen) atoms. The van der Waals surface area contributed by atoms with E-state index in [9.17, 15) is 14.9 Å². The molecule has 0 bridgehead atoms. The Balaban J connectivity index is 1.97. The smallest absolute Gasteiger partial charge is 0.292 e. The van der Waals surface area contributed by atoms with E-state index < -0.39 is 10.8 Å². The molecular formula is C16H15Cl2N3O3. The van der Waals surface area contributed by atoms with Gasteiger partial charge in [-0.15, -0.1) is 0 Å². The highest BCUT2D eigenvalue weighted by Gasteiger charge is 2.16. The van der Waals surface area contributed by atoms with Crippen molar-refractivity contribution < 1.29 is 9.72 Å². The number of halogens is 2. The van der Waals surface area contributed by atoms with Crippen LogP contribution in [0.4, 0.5) is 11.4 Å². The van der Waals surface area contributed by atoms with Gasteiger partial charge >= 0.3 is 0 Å². The normalized spacial score (nSPS) is 11.8. The van der Waals surface area contributed by atoms with Crippen molar-refractivity contribution in [3.63, 3.8) is 0 Å². The van der Waals surface area contributed by atoms with Crippen LogP contribution in [0.3, 0.4) is 0 Å². The summed E-state index contributed by atoms with van der Waals surface area (Å²) in [5, 5.41) is 17.5. The predicted molar refractivity (Wildman–Crippen MR) is 94.6 cm³/mol. The Morgan fingerprint density at radius 1 is 1.17 bits per heavy atom. The average molecular weight is 368 g/mol. The first-order valence-electron chi connectivity index (χ1n) is 7.09. The molecule has 0 radical (unpaired) electrons. The minimum atomic E-state index is -0.574. The number of benzene rings is 2. The first-order valence-corrected chi connectivity index (χ1v) is 7.85. The molecule has 2 N–H and O–H groups in total. The molecule has 1 amide bonds. The fourth-order valence-electron chi connectivity index (χ4n) is 2.08. The van der Waals surface area contributed by atoms with Gasteiger partial charge in [-0.1, -0.05) is 35.3 Å². The largest absolute Gasteiger partial charge is 0.319 e. The highest BCUT2D eigenvalue weighted by molar-refractivity contribution is 6.31. The number of carbonyl (C=O) groups is 1. The molecule has 2 aromatic rings. The van der Waals surface area contributed by atoms with Crippen LogP contribution in [-0.4, -0.2) is 17.4 Å². The number of nitrogens with zero attached hydrogens (tertiary/aromatic N) is 1. The Hall–Kier alpha value is -2.15. The van der Waals surface area contributed by atoms with Crippen LogP contribution in [0.2, 0.25) is 10.0 Å². The van der Waals surface area contributed by atoms with Gasteiger partial charge in [-0.05, 0) is 36.8 Å². The second-order valence-electron chi connectivity index (χ2n) is 5.12. The number of nitro benzene ring substituents is 1. The Bertz CT molecular complexity index is 751. The van der Waals surface area contributed by atoms with Crippen molar-refractivity contribution in [1.29, 1.82) is 0 Å². The topological polar surface area (TPSA) is 84.3 Å². The van der Waals surface area contributed by atoms with Gasteiger partial charge in [-0.2, -0.15) is 0 Å². The molecule has 1 atom stereocenters. The fourth-order valence-corrected chi connectivity index (χ4v) is 2.38. The minimum absolute atomic E-state index is 0.00649. The van der Waals surface area contributed by atoms with E-state index in [1.807, 2.05) is 19.1 Å². The van der Waals surface area contributed by atoms with Gasteiger partial charge in [0.2, 0.25) is 5.91 Å². The Labute approximate surface area is 148 Å². The third-order valence-electron chi connectivity index (χ3n) is 3.37. The molecule has 0 saturated heterocycles. The summed E-state index contributed by atoms with van der Waals surface area (Å²) in [6.07, 6.45) is 0. The summed E-state index contributed by atoms with van der Waals surface area (Å²) < 4.78 is 0. The van der Waals surface area contributed by atoms with Gasteiger partial charge in [0.05, 0.1) is 11.5 Å². The van der Waals surface area contributed by atoms with Crippen molar-refractivity contribution in [2.45, 2.75) is 13.0 Å². The van der Waals surface area contributed by atoms with Crippen molar-refractivity contribution in [2.75, 3.05) is 11.9 Å². The number of nitro groups is 1. The van der Waals surface area contributed by atoms with E-state index in [1.165, 1.54) is 18.2 Å². The Morgan fingerprint density at radius 3 is 2.42 bits per heavy atom. The Morgan fingerprint density at radius 2 is 1.79 bits per heavy atom. The lowest BCUT2D eigenvalue weighted by Crippen LogP contribution is -2.30. The second kappa shape index (κ2) is 8.10. The van der Waals surface area contributed by atoms with Gasteiger partial charge in [-0.3, -0.25) is 14.9 Å². The monoisotopic (exact) mass is 367 g/mol. The molecule has 2 rings (SSSR count). The molecular weight excluding hydrogens is 353 g/mol. The number of nitrogens with one attached hydrogen (secondary N) is 2. The van der Waals surface area contributed by atoms with Crippen LogP contribution in [0.15, 0.2) is 42.5 Å². The summed E-state index contributed by atoms with van der Waals surface area (Å²) in [6.45, 7) is 1.89. The van der Waals surface area contributed by atoms with E-state index >= 15 is 0 Å². The van der Waals surface area contributed by atoms with Crippen LogP contribution < -0.4 is 10.6 Å². The van der Waals surface area contributed by atoms with Crippen molar-refractivity contribution >= 4 is 40.5 Å². The van der Waals surface area contributed by atoms with Crippen LogP contribution in [0.1, 0.15) is 18.5 Å². The van der Waals surface area contributed by atoms with E-state index in [1.54, 1.807) is 12.1 Å². The summed E-state index contributed by atoms with van der Waals surface area (Å²) in [6, 6.07) is 11.2. The maximum atomic E-state index is 12.0. The minimum Gasteiger partial charge on any atom is -0.319 e. The summed E-state index contributed by atoms with van der Waals surface area (Å²) in [4.78, 5) is 22.4. The van der Waals surface area contributed by atoms with Crippen molar-refractivity contribution in [1.82, 2.24) is 5.32 Å². The van der Waals surface area contributed by atoms with Crippen LogP contribution in [0.5, 0.6) is 0 Å². The number of amides is 1. The Kier molecular flexibility index (Phi) is 6.14. The molecule has 126 valence electrons. The molecule has 8 heteroatoms. The molecule has 6 nitrogen and oxygen atoms in total. The van der Waals surface area contributed by atoms with E-state index in [0.717, 1.165) is 5.56 Å².